The summed E-state index contributed by atoms with van der Waals surface area (Å²) in [7, 11) is 0. The Morgan fingerprint density at radius 2 is 1.73 bits per heavy atom. The molecule has 0 atom stereocenters. The van der Waals surface area contributed by atoms with Crippen LogP contribution in [0.5, 0.6) is 0 Å². The number of fused-ring (bicyclic) bond motifs is 1. The van der Waals surface area contributed by atoms with E-state index in [1.54, 1.807) is 40.9 Å². The number of hydrogen-bond acceptors (Lipinski definition) is 5. The number of piperidine rings is 1. The Morgan fingerprint density at radius 1 is 0.970 bits per heavy atom. The molecule has 0 spiro atoms. The maximum atomic E-state index is 14.3. The van der Waals surface area contributed by atoms with Gasteiger partial charge in [0.05, 0.1) is 5.56 Å². The third kappa shape index (κ3) is 4.39. The SMILES string of the molecule is O=C(NCc1ccc(F)cc1)C1CCN(c2ccc3nnc(-c4ccccc4F)n3n2)CC1. The fourth-order valence-corrected chi connectivity index (χ4v) is 4.06. The highest BCUT2D eigenvalue weighted by Gasteiger charge is 2.26. The van der Waals surface area contributed by atoms with E-state index in [4.69, 9.17) is 0 Å². The molecule has 7 nitrogen and oxygen atoms in total. The highest BCUT2D eigenvalue weighted by Crippen LogP contribution is 2.25. The van der Waals surface area contributed by atoms with Crippen LogP contribution in [0.15, 0.2) is 60.7 Å². The van der Waals surface area contributed by atoms with Crippen molar-refractivity contribution in [1.29, 1.82) is 0 Å². The predicted octanol–water partition coefficient (Wildman–Crippen LogP) is 3.60. The predicted molar refractivity (Wildman–Crippen MR) is 119 cm³/mol. The molecular weight excluding hydrogens is 426 g/mol. The third-order valence-corrected chi connectivity index (χ3v) is 5.93. The van der Waals surface area contributed by atoms with Crippen molar-refractivity contribution in [3.63, 3.8) is 0 Å². The van der Waals surface area contributed by atoms with Crippen molar-refractivity contribution in [2.24, 2.45) is 5.92 Å². The zero-order valence-corrected chi connectivity index (χ0v) is 17.8. The van der Waals surface area contributed by atoms with Crippen LogP contribution < -0.4 is 10.2 Å². The van der Waals surface area contributed by atoms with Crippen molar-refractivity contribution < 1.29 is 13.6 Å². The summed E-state index contributed by atoms with van der Waals surface area (Å²) in [6.07, 6.45) is 1.38. The smallest absolute Gasteiger partial charge is 0.223 e. The van der Waals surface area contributed by atoms with E-state index in [1.807, 2.05) is 6.07 Å². The van der Waals surface area contributed by atoms with E-state index < -0.39 is 0 Å². The van der Waals surface area contributed by atoms with Gasteiger partial charge in [0.25, 0.3) is 0 Å². The molecule has 168 valence electrons. The maximum absolute atomic E-state index is 14.3. The van der Waals surface area contributed by atoms with Gasteiger partial charge in [-0.25, -0.2) is 8.78 Å². The van der Waals surface area contributed by atoms with Crippen molar-refractivity contribution in [1.82, 2.24) is 25.1 Å². The second-order valence-electron chi connectivity index (χ2n) is 8.07. The minimum atomic E-state index is -0.383. The van der Waals surface area contributed by atoms with E-state index in [-0.39, 0.29) is 23.5 Å². The molecule has 1 fully saturated rings. The lowest BCUT2D eigenvalue weighted by molar-refractivity contribution is -0.125. The summed E-state index contributed by atoms with van der Waals surface area (Å²) in [4.78, 5) is 14.7. The first-order valence-electron chi connectivity index (χ1n) is 10.8. The summed E-state index contributed by atoms with van der Waals surface area (Å²) in [6.45, 7) is 1.72. The fraction of sp³-hybridized carbons (Fsp3) is 0.250. The van der Waals surface area contributed by atoms with Gasteiger partial charge in [0.2, 0.25) is 5.91 Å². The van der Waals surface area contributed by atoms with Crippen molar-refractivity contribution in [2.75, 3.05) is 18.0 Å². The Balaban J connectivity index is 1.25. The number of nitrogens with zero attached hydrogens (tertiary/aromatic N) is 5. The molecule has 0 saturated carbocycles. The van der Waals surface area contributed by atoms with Crippen LogP contribution in [0.2, 0.25) is 0 Å². The van der Waals surface area contributed by atoms with Crippen molar-refractivity contribution >= 4 is 17.4 Å². The number of aromatic nitrogens is 4. The highest BCUT2D eigenvalue weighted by molar-refractivity contribution is 5.79. The summed E-state index contributed by atoms with van der Waals surface area (Å²) < 4.78 is 28.8. The number of nitrogens with one attached hydrogen (secondary N) is 1. The van der Waals surface area contributed by atoms with E-state index in [0.29, 0.717) is 49.5 Å². The Kier molecular flexibility index (Phi) is 5.68. The van der Waals surface area contributed by atoms with Gasteiger partial charge in [-0.3, -0.25) is 4.79 Å². The number of carbonyl (C=O) groups is 1. The van der Waals surface area contributed by atoms with E-state index in [2.05, 4.69) is 25.5 Å². The van der Waals surface area contributed by atoms with Crippen molar-refractivity contribution in [3.8, 4) is 11.4 Å². The largest absolute Gasteiger partial charge is 0.355 e. The molecule has 9 heteroatoms. The second-order valence-corrected chi connectivity index (χ2v) is 8.07. The summed E-state index contributed by atoms with van der Waals surface area (Å²) in [5.41, 5.74) is 1.73. The molecule has 0 radical (unpaired) electrons. The lowest BCUT2D eigenvalue weighted by Crippen LogP contribution is -2.40. The lowest BCUT2D eigenvalue weighted by atomic mass is 9.96. The van der Waals surface area contributed by atoms with Crippen LogP contribution in [-0.2, 0) is 11.3 Å². The van der Waals surface area contributed by atoms with E-state index in [9.17, 15) is 13.6 Å². The standard InChI is InChI=1S/C24H22F2N6O/c25-18-7-5-16(6-8-18)15-27-24(33)17-11-13-31(14-12-17)22-10-9-21-28-29-23(32(21)30-22)19-3-1-2-4-20(19)26/h1-10,17H,11-15H2,(H,27,33). The first-order valence-corrected chi connectivity index (χ1v) is 10.8. The first-order chi connectivity index (χ1) is 16.1. The van der Waals surface area contributed by atoms with Gasteiger partial charge in [-0.2, -0.15) is 4.52 Å². The number of halogens is 2. The molecule has 1 N–H and O–H groups in total. The molecule has 1 saturated heterocycles. The monoisotopic (exact) mass is 448 g/mol. The third-order valence-electron chi connectivity index (χ3n) is 5.93. The van der Waals surface area contributed by atoms with Gasteiger partial charge in [-0.15, -0.1) is 15.3 Å². The Labute approximate surface area is 189 Å². The number of carbonyl (C=O) groups excluding carboxylic acids is 1. The summed E-state index contributed by atoms with van der Waals surface area (Å²) >= 11 is 0. The van der Waals surface area contributed by atoms with Gasteiger partial charge in [0, 0.05) is 25.6 Å². The maximum Gasteiger partial charge on any atom is 0.223 e. The topological polar surface area (TPSA) is 75.4 Å². The van der Waals surface area contributed by atoms with E-state index >= 15 is 0 Å². The molecule has 0 bridgehead atoms. The van der Waals surface area contributed by atoms with Crippen LogP contribution in [0.1, 0.15) is 18.4 Å². The zero-order valence-electron chi connectivity index (χ0n) is 17.8. The van der Waals surface area contributed by atoms with Crippen LogP contribution in [0.25, 0.3) is 17.0 Å². The molecule has 33 heavy (non-hydrogen) atoms. The van der Waals surface area contributed by atoms with Crippen molar-refractivity contribution in [3.05, 3.63) is 77.9 Å². The average molecular weight is 448 g/mol. The molecule has 0 aliphatic carbocycles. The quantitative estimate of drug-likeness (QED) is 0.505. The normalized spacial score (nSPS) is 14.5. The molecule has 4 aromatic rings. The molecule has 0 unspecified atom stereocenters. The molecule has 5 rings (SSSR count). The minimum absolute atomic E-state index is 0.00281. The van der Waals surface area contributed by atoms with Crippen LogP contribution in [0.3, 0.4) is 0 Å². The van der Waals surface area contributed by atoms with Crippen molar-refractivity contribution in [2.45, 2.75) is 19.4 Å². The highest BCUT2D eigenvalue weighted by atomic mass is 19.1. The second kappa shape index (κ2) is 8.93. The number of hydrogen-bond donors (Lipinski definition) is 1. The van der Waals surface area contributed by atoms with Gasteiger partial charge < -0.3 is 10.2 Å². The van der Waals surface area contributed by atoms with E-state index in [1.165, 1.54) is 18.2 Å². The van der Waals surface area contributed by atoms with Gasteiger partial charge in [-0.05, 0) is 54.8 Å². The zero-order chi connectivity index (χ0) is 22.8. The van der Waals surface area contributed by atoms with Gasteiger partial charge in [0.1, 0.15) is 17.5 Å². The molecule has 2 aromatic carbocycles. The molecular formula is C24H22F2N6O. The Hall–Kier alpha value is -3.88. The van der Waals surface area contributed by atoms with Crippen LogP contribution in [0, 0.1) is 17.6 Å². The summed E-state index contributed by atoms with van der Waals surface area (Å²) in [6, 6.07) is 16.2. The number of benzene rings is 2. The number of anilines is 1. The lowest BCUT2D eigenvalue weighted by Gasteiger charge is -2.32. The molecule has 2 aromatic heterocycles. The van der Waals surface area contributed by atoms with Gasteiger partial charge in [0.15, 0.2) is 11.5 Å². The average Bonchev–Trinajstić information content (AvgIpc) is 3.27. The molecule has 3 heterocycles. The fourth-order valence-electron chi connectivity index (χ4n) is 4.06. The van der Waals surface area contributed by atoms with Crippen LogP contribution in [0.4, 0.5) is 14.6 Å². The minimum Gasteiger partial charge on any atom is -0.355 e. The van der Waals surface area contributed by atoms with Gasteiger partial charge >= 0.3 is 0 Å². The molecule has 1 aliphatic rings. The number of rotatable bonds is 5. The number of amides is 1. The Bertz CT molecular complexity index is 1280. The first kappa shape index (κ1) is 21.0. The van der Waals surface area contributed by atoms with E-state index in [0.717, 1.165) is 11.4 Å². The van der Waals surface area contributed by atoms with Gasteiger partial charge in [-0.1, -0.05) is 24.3 Å². The Morgan fingerprint density at radius 3 is 2.48 bits per heavy atom. The molecule has 1 amide bonds. The summed E-state index contributed by atoms with van der Waals surface area (Å²) in [5.74, 6) is 0.311. The van der Waals surface area contributed by atoms with Crippen LogP contribution in [-0.4, -0.2) is 38.8 Å². The molecule has 1 aliphatic heterocycles. The van der Waals surface area contributed by atoms with Crippen LogP contribution >= 0.6 is 0 Å². The summed E-state index contributed by atoms with van der Waals surface area (Å²) in [5, 5.41) is 15.8.